The summed E-state index contributed by atoms with van der Waals surface area (Å²) >= 11 is 0. The smallest absolute Gasteiger partial charge is 0.332 e. The van der Waals surface area contributed by atoms with Gasteiger partial charge in [0.05, 0.1) is 0 Å². The van der Waals surface area contributed by atoms with Crippen LogP contribution in [-0.2, 0) is 4.79 Å². The van der Waals surface area contributed by atoms with Crippen molar-refractivity contribution in [2.75, 3.05) is 6.54 Å². The third kappa shape index (κ3) is 4.18. The highest BCUT2D eigenvalue weighted by Gasteiger charge is 2.30. The van der Waals surface area contributed by atoms with Crippen molar-refractivity contribution >= 4 is 12.0 Å². The molecule has 0 aromatic heterocycles. The molecule has 0 aromatic carbocycles. The Morgan fingerprint density at radius 1 is 1.33 bits per heavy atom. The van der Waals surface area contributed by atoms with Crippen LogP contribution in [0, 0.1) is 11.8 Å². The molecule has 6 heteroatoms. The number of hydrogen-bond acceptors (Lipinski definition) is 3. The first-order valence-corrected chi connectivity index (χ1v) is 6.37. The van der Waals surface area contributed by atoms with E-state index in [4.69, 9.17) is 10.2 Å². The van der Waals surface area contributed by atoms with Crippen LogP contribution in [0.1, 0.15) is 33.1 Å². The topological polar surface area (TPSA) is 98.7 Å². The standard InChI is InChI=1S/C12H22N2O4/c1-7-3-4-9(8(7)2)14-12(18)13-6-5-10(15)11(16)17/h7-10,15H,3-6H2,1-2H3,(H,16,17)(H2,13,14,18). The van der Waals surface area contributed by atoms with Crippen LogP contribution in [0.3, 0.4) is 0 Å². The van der Waals surface area contributed by atoms with Crippen LogP contribution in [-0.4, -0.2) is 40.9 Å². The molecule has 0 heterocycles. The molecule has 4 atom stereocenters. The van der Waals surface area contributed by atoms with E-state index in [0.29, 0.717) is 11.8 Å². The zero-order chi connectivity index (χ0) is 13.7. The molecular formula is C12H22N2O4. The van der Waals surface area contributed by atoms with Gasteiger partial charge >= 0.3 is 12.0 Å². The highest BCUT2D eigenvalue weighted by Crippen LogP contribution is 2.30. The van der Waals surface area contributed by atoms with E-state index in [-0.39, 0.29) is 25.0 Å². The van der Waals surface area contributed by atoms with E-state index in [1.807, 2.05) is 0 Å². The number of aliphatic hydroxyl groups excluding tert-OH is 1. The molecule has 0 aliphatic heterocycles. The molecule has 18 heavy (non-hydrogen) atoms. The molecular weight excluding hydrogens is 236 g/mol. The van der Waals surface area contributed by atoms with Crippen molar-refractivity contribution in [3.63, 3.8) is 0 Å². The van der Waals surface area contributed by atoms with Gasteiger partial charge in [-0.2, -0.15) is 0 Å². The molecule has 1 fully saturated rings. The highest BCUT2D eigenvalue weighted by atomic mass is 16.4. The monoisotopic (exact) mass is 258 g/mol. The summed E-state index contributed by atoms with van der Waals surface area (Å²) in [5, 5.41) is 22.9. The molecule has 0 saturated heterocycles. The van der Waals surface area contributed by atoms with Gasteiger partial charge in [-0.3, -0.25) is 0 Å². The largest absolute Gasteiger partial charge is 0.479 e. The molecule has 1 rings (SSSR count). The fraction of sp³-hybridized carbons (Fsp3) is 0.833. The molecule has 1 aliphatic carbocycles. The summed E-state index contributed by atoms with van der Waals surface area (Å²) < 4.78 is 0. The first-order valence-electron chi connectivity index (χ1n) is 6.37. The van der Waals surface area contributed by atoms with Crippen LogP contribution in [0.25, 0.3) is 0 Å². The van der Waals surface area contributed by atoms with Crippen molar-refractivity contribution < 1.29 is 19.8 Å². The summed E-state index contributed by atoms with van der Waals surface area (Å²) in [4.78, 5) is 21.9. The van der Waals surface area contributed by atoms with Crippen molar-refractivity contribution in [3.05, 3.63) is 0 Å². The van der Waals surface area contributed by atoms with Gasteiger partial charge in [0, 0.05) is 19.0 Å². The quantitative estimate of drug-likeness (QED) is 0.579. The van der Waals surface area contributed by atoms with Gasteiger partial charge in [-0.1, -0.05) is 13.8 Å². The van der Waals surface area contributed by atoms with Crippen molar-refractivity contribution in [1.82, 2.24) is 10.6 Å². The molecule has 1 saturated carbocycles. The molecule has 0 radical (unpaired) electrons. The van der Waals surface area contributed by atoms with Crippen LogP contribution in [0.5, 0.6) is 0 Å². The summed E-state index contributed by atoms with van der Waals surface area (Å²) in [6.07, 6.45) is 0.687. The minimum absolute atomic E-state index is 0.0133. The second-order valence-corrected chi connectivity index (χ2v) is 5.06. The van der Waals surface area contributed by atoms with Gasteiger partial charge < -0.3 is 20.8 Å². The van der Waals surface area contributed by atoms with Gasteiger partial charge in [0.1, 0.15) is 0 Å². The Morgan fingerprint density at radius 2 is 2.00 bits per heavy atom. The Bertz CT molecular complexity index is 308. The molecule has 2 amide bonds. The van der Waals surface area contributed by atoms with Gasteiger partial charge in [0.15, 0.2) is 6.10 Å². The summed E-state index contributed by atoms with van der Waals surface area (Å²) in [6.45, 7) is 4.44. The van der Waals surface area contributed by atoms with Gasteiger partial charge in [0.25, 0.3) is 0 Å². The van der Waals surface area contributed by atoms with E-state index in [0.717, 1.165) is 12.8 Å². The number of aliphatic hydroxyl groups is 1. The fourth-order valence-corrected chi connectivity index (χ4v) is 2.23. The Hall–Kier alpha value is -1.30. The Morgan fingerprint density at radius 3 is 2.50 bits per heavy atom. The maximum absolute atomic E-state index is 11.6. The number of hydrogen-bond donors (Lipinski definition) is 4. The van der Waals surface area contributed by atoms with Crippen molar-refractivity contribution in [2.45, 2.75) is 45.3 Å². The first-order chi connectivity index (χ1) is 8.41. The zero-order valence-corrected chi connectivity index (χ0v) is 10.8. The third-order valence-electron chi connectivity index (χ3n) is 3.77. The van der Waals surface area contributed by atoms with E-state index >= 15 is 0 Å². The molecule has 6 nitrogen and oxygen atoms in total. The molecule has 104 valence electrons. The third-order valence-corrected chi connectivity index (χ3v) is 3.77. The maximum atomic E-state index is 11.6. The average molecular weight is 258 g/mol. The minimum Gasteiger partial charge on any atom is -0.479 e. The number of aliphatic carboxylic acids is 1. The predicted octanol–water partition coefficient (Wildman–Crippen LogP) is 0.556. The second kappa shape index (κ2) is 6.58. The summed E-state index contributed by atoms with van der Waals surface area (Å²) in [7, 11) is 0. The normalized spacial score (nSPS) is 28.7. The summed E-state index contributed by atoms with van der Waals surface area (Å²) in [5.74, 6) is -0.194. The van der Waals surface area contributed by atoms with E-state index in [9.17, 15) is 9.59 Å². The number of carbonyl (C=O) groups is 2. The Balaban J connectivity index is 2.20. The number of urea groups is 1. The second-order valence-electron chi connectivity index (χ2n) is 5.06. The number of carbonyl (C=O) groups excluding carboxylic acids is 1. The Labute approximate surface area is 107 Å². The van der Waals surface area contributed by atoms with Gasteiger partial charge in [-0.15, -0.1) is 0 Å². The molecule has 4 N–H and O–H groups in total. The number of nitrogens with one attached hydrogen (secondary N) is 2. The van der Waals surface area contributed by atoms with Crippen LogP contribution in [0.15, 0.2) is 0 Å². The van der Waals surface area contributed by atoms with Crippen LogP contribution in [0.2, 0.25) is 0 Å². The fourth-order valence-electron chi connectivity index (χ4n) is 2.23. The molecule has 4 unspecified atom stereocenters. The van der Waals surface area contributed by atoms with E-state index < -0.39 is 12.1 Å². The van der Waals surface area contributed by atoms with Crippen LogP contribution in [0.4, 0.5) is 4.79 Å². The lowest BCUT2D eigenvalue weighted by molar-refractivity contribution is -0.146. The van der Waals surface area contributed by atoms with E-state index in [1.165, 1.54) is 0 Å². The Kier molecular flexibility index (Phi) is 5.40. The summed E-state index contributed by atoms with van der Waals surface area (Å²) in [6, 6.07) is -0.108. The maximum Gasteiger partial charge on any atom is 0.332 e. The molecule has 0 spiro atoms. The summed E-state index contributed by atoms with van der Waals surface area (Å²) in [5.41, 5.74) is 0. The van der Waals surface area contributed by atoms with Gasteiger partial charge in [-0.05, 0) is 24.7 Å². The SMILES string of the molecule is CC1CCC(NC(=O)NCCC(O)C(=O)O)C1C. The van der Waals surface area contributed by atoms with E-state index in [1.54, 1.807) is 0 Å². The minimum atomic E-state index is -1.42. The van der Waals surface area contributed by atoms with Crippen LogP contribution < -0.4 is 10.6 Å². The number of carboxylic acids is 1. The lowest BCUT2D eigenvalue weighted by Crippen LogP contribution is -2.44. The zero-order valence-electron chi connectivity index (χ0n) is 10.8. The number of amides is 2. The van der Waals surface area contributed by atoms with Crippen molar-refractivity contribution in [2.24, 2.45) is 11.8 Å². The molecule has 0 bridgehead atoms. The highest BCUT2D eigenvalue weighted by molar-refractivity contribution is 5.74. The molecule has 0 aromatic rings. The average Bonchev–Trinajstić information content (AvgIpc) is 2.60. The first kappa shape index (κ1) is 14.8. The molecule has 1 aliphatic rings. The van der Waals surface area contributed by atoms with Crippen molar-refractivity contribution in [1.29, 1.82) is 0 Å². The number of carboxylic acid groups (broad SMARTS) is 1. The predicted molar refractivity (Wildman–Crippen MR) is 66.1 cm³/mol. The number of rotatable bonds is 5. The lowest BCUT2D eigenvalue weighted by Gasteiger charge is -2.20. The van der Waals surface area contributed by atoms with Crippen molar-refractivity contribution in [3.8, 4) is 0 Å². The lowest BCUT2D eigenvalue weighted by atomic mass is 9.98. The van der Waals surface area contributed by atoms with Gasteiger partial charge in [0.2, 0.25) is 0 Å². The van der Waals surface area contributed by atoms with Gasteiger partial charge in [-0.25, -0.2) is 9.59 Å². The van der Waals surface area contributed by atoms with Crippen LogP contribution >= 0.6 is 0 Å². The van der Waals surface area contributed by atoms with E-state index in [2.05, 4.69) is 24.5 Å².